The van der Waals surface area contributed by atoms with Crippen LogP contribution in [0.1, 0.15) is 23.6 Å². The van der Waals surface area contributed by atoms with Crippen LogP contribution < -0.4 is 20.2 Å². The summed E-state index contributed by atoms with van der Waals surface area (Å²) in [6.07, 6.45) is 1.36. The number of carbonyl (C=O) groups is 2. The van der Waals surface area contributed by atoms with Crippen molar-refractivity contribution in [3.63, 3.8) is 0 Å². The van der Waals surface area contributed by atoms with E-state index in [0.29, 0.717) is 34.7 Å². The molecule has 0 aliphatic heterocycles. The van der Waals surface area contributed by atoms with Crippen molar-refractivity contribution in [1.82, 2.24) is 5.43 Å². The standard InChI is InChI=1S/C25H23BrFN3O4/c1-3-33-23-12-17(7-10-22(23)34-15-18-6-4-5-16(2)11-18)14-28-30-25(32)24(31)29-21-9-8-19(26)13-20(21)27/h4-14H,3,15H2,1-2H3,(H,29,31)(H,30,32). The molecule has 0 bridgehead atoms. The van der Waals surface area contributed by atoms with E-state index in [1.165, 1.54) is 18.3 Å². The third-order valence-corrected chi connectivity index (χ3v) is 5.00. The highest BCUT2D eigenvalue weighted by Crippen LogP contribution is 2.29. The molecule has 34 heavy (non-hydrogen) atoms. The molecule has 2 N–H and O–H groups in total. The van der Waals surface area contributed by atoms with Gasteiger partial charge >= 0.3 is 11.8 Å². The first-order valence-corrected chi connectivity index (χ1v) is 11.2. The molecule has 3 rings (SSSR count). The molecule has 9 heteroatoms. The fourth-order valence-electron chi connectivity index (χ4n) is 2.94. The monoisotopic (exact) mass is 527 g/mol. The molecule has 2 amide bonds. The molecule has 0 aliphatic rings. The molecular weight excluding hydrogens is 505 g/mol. The van der Waals surface area contributed by atoms with Gasteiger partial charge in [0.05, 0.1) is 18.5 Å². The van der Waals surface area contributed by atoms with Gasteiger partial charge in [0.2, 0.25) is 0 Å². The lowest BCUT2D eigenvalue weighted by Gasteiger charge is -2.13. The molecule has 7 nitrogen and oxygen atoms in total. The quantitative estimate of drug-likeness (QED) is 0.246. The molecule has 0 aliphatic carbocycles. The molecular formula is C25H23BrFN3O4. The number of hydrazone groups is 1. The maximum absolute atomic E-state index is 13.8. The van der Waals surface area contributed by atoms with Crippen molar-refractivity contribution in [2.45, 2.75) is 20.5 Å². The molecule has 0 unspecified atom stereocenters. The summed E-state index contributed by atoms with van der Waals surface area (Å²) in [5.41, 5.74) is 4.80. The van der Waals surface area contributed by atoms with E-state index in [9.17, 15) is 14.0 Å². The van der Waals surface area contributed by atoms with E-state index >= 15 is 0 Å². The number of benzene rings is 3. The Morgan fingerprint density at radius 2 is 1.85 bits per heavy atom. The van der Waals surface area contributed by atoms with Gasteiger partial charge in [0.25, 0.3) is 0 Å². The first-order valence-electron chi connectivity index (χ1n) is 10.4. The molecule has 0 atom stereocenters. The van der Waals surface area contributed by atoms with Gasteiger partial charge in [-0.15, -0.1) is 0 Å². The average molecular weight is 528 g/mol. The zero-order chi connectivity index (χ0) is 24.5. The number of halogens is 2. The number of rotatable bonds is 8. The lowest BCUT2D eigenvalue weighted by molar-refractivity contribution is -0.136. The molecule has 0 saturated heterocycles. The van der Waals surface area contributed by atoms with Crippen LogP contribution in [-0.4, -0.2) is 24.6 Å². The lowest BCUT2D eigenvalue weighted by Crippen LogP contribution is -2.32. The molecule has 0 spiro atoms. The number of carbonyl (C=O) groups excluding carboxylic acids is 2. The van der Waals surface area contributed by atoms with Crippen molar-refractivity contribution in [1.29, 1.82) is 0 Å². The van der Waals surface area contributed by atoms with E-state index in [-0.39, 0.29) is 5.69 Å². The molecule has 0 saturated carbocycles. The number of amides is 2. The predicted octanol–water partition coefficient (Wildman–Crippen LogP) is 4.96. The van der Waals surface area contributed by atoms with E-state index in [2.05, 4.69) is 31.8 Å². The molecule has 0 fully saturated rings. The van der Waals surface area contributed by atoms with Crippen LogP contribution in [0.2, 0.25) is 0 Å². The zero-order valence-corrected chi connectivity index (χ0v) is 20.2. The summed E-state index contributed by atoms with van der Waals surface area (Å²) in [5.74, 6) is -1.67. The summed E-state index contributed by atoms with van der Waals surface area (Å²) < 4.78 is 25.9. The Hall–Kier alpha value is -3.72. The van der Waals surface area contributed by atoms with Gasteiger partial charge < -0.3 is 14.8 Å². The Labute approximate surface area is 205 Å². The van der Waals surface area contributed by atoms with Crippen LogP contribution in [0, 0.1) is 12.7 Å². The summed E-state index contributed by atoms with van der Waals surface area (Å²) in [4.78, 5) is 23.9. The normalized spacial score (nSPS) is 10.7. The van der Waals surface area contributed by atoms with E-state index in [1.807, 2.05) is 38.1 Å². The number of anilines is 1. The number of hydrogen-bond donors (Lipinski definition) is 2. The first-order chi connectivity index (χ1) is 16.4. The van der Waals surface area contributed by atoms with Gasteiger partial charge in [0, 0.05) is 4.47 Å². The van der Waals surface area contributed by atoms with Crippen molar-refractivity contribution < 1.29 is 23.5 Å². The highest BCUT2D eigenvalue weighted by molar-refractivity contribution is 9.10. The largest absolute Gasteiger partial charge is 0.490 e. The van der Waals surface area contributed by atoms with Gasteiger partial charge in [-0.2, -0.15) is 5.10 Å². The molecule has 0 radical (unpaired) electrons. The summed E-state index contributed by atoms with van der Waals surface area (Å²) in [6.45, 7) is 4.70. The van der Waals surface area contributed by atoms with Crippen LogP contribution in [0.4, 0.5) is 10.1 Å². The molecule has 0 aromatic heterocycles. The third-order valence-electron chi connectivity index (χ3n) is 4.51. The van der Waals surface area contributed by atoms with Gasteiger partial charge in [0.15, 0.2) is 11.5 Å². The first kappa shape index (κ1) is 24.9. The maximum atomic E-state index is 13.8. The highest BCUT2D eigenvalue weighted by Gasteiger charge is 2.15. The number of aryl methyl sites for hydroxylation is 1. The topological polar surface area (TPSA) is 89.0 Å². The fourth-order valence-corrected chi connectivity index (χ4v) is 3.27. The highest BCUT2D eigenvalue weighted by atomic mass is 79.9. The van der Waals surface area contributed by atoms with Gasteiger partial charge in [-0.25, -0.2) is 9.82 Å². The average Bonchev–Trinajstić information content (AvgIpc) is 2.80. The van der Waals surface area contributed by atoms with Gasteiger partial charge in [-0.3, -0.25) is 9.59 Å². The fraction of sp³-hybridized carbons (Fsp3) is 0.160. The lowest BCUT2D eigenvalue weighted by atomic mass is 10.1. The van der Waals surface area contributed by atoms with Crippen molar-refractivity contribution in [3.8, 4) is 11.5 Å². The zero-order valence-electron chi connectivity index (χ0n) is 18.6. The Balaban J connectivity index is 1.60. The summed E-state index contributed by atoms with van der Waals surface area (Å²) in [7, 11) is 0. The van der Waals surface area contributed by atoms with Crippen LogP contribution in [0.3, 0.4) is 0 Å². The summed E-state index contributed by atoms with van der Waals surface area (Å²) >= 11 is 3.12. The Morgan fingerprint density at radius 3 is 2.59 bits per heavy atom. The minimum Gasteiger partial charge on any atom is -0.490 e. The van der Waals surface area contributed by atoms with E-state index in [1.54, 1.807) is 24.3 Å². The maximum Gasteiger partial charge on any atom is 0.329 e. The van der Waals surface area contributed by atoms with Crippen molar-refractivity contribution in [3.05, 3.63) is 87.6 Å². The Kier molecular flexibility index (Phi) is 8.75. The SMILES string of the molecule is CCOc1cc(C=NNC(=O)C(=O)Nc2ccc(Br)cc2F)ccc1OCc1cccc(C)c1. The number of ether oxygens (including phenoxy) is 2. The third kappa shape index (κ3) is 7.14. The van der Waals surface area contributed by atoms with Crippen molar-refractivity contribution in [2.75, 3.05) is 11.9 Å². The molecule has 176 valence electrons. The minimum atomic E-state index is -1.05. The number of hydrogen-bond acceptors (Lipinski definition) is 5. The Bertz CT molecular complexity index is 1220. The molecule has 3 aromatic carbocycles. The van der Waals surface area contributed by atoms with Crippen molar-refractivity contribution >= 4 is 39.6 Å². The van der Waals surface area contributed by atoms with Crippen LogP contribution in [0.15, 0.2) is 70.2 Å². The van der Waals surface area contributed by atoms with E-state index in [0.717, 1.165) is 11.1 Å². The second kappa shape index (κ2) is 11.9. The minimum absolute atomic E-state index is 0.116. The van der Waals surface area contributed by atoms with Gasteiger partial charge in [-0.05, 0) is 61.4 Å². The van der Waals surface area contributed by atoms with Gasteiger partial charge in [-0.1, -0.05) is 45.8 Å². The molecule has 0 heterocycles. The summed E-state index contributed by atoms with van der Waals surface area (Å²) in [5, 5.41) is 5.98. The van der Waals surface area contributed by atoms with Crippen LogP contribution in [0.5, 0.6) is 11.5 Å². The van der Waals surface area contributed by atoms with Crippen molar-refractivity contribution in [2.24, 2.45) is 5.10 Å². The van der Waals surface area contributed by atoms with Crippen LogP contribution in [0.25, 0.3) is 0 Å². The van der Waals surface area contributed by atoms with Crippen LogP contribution >= 0.6 is 15.9 Å². The smallest absolute Gasteiger partial charge is 0.329 e. The second-order valence-corrected chi connectivity index (χ2v) is 8.11. The molecule has 3 aromatic rings. The Morgan fingerprint density at radius 1 is 1.03 bits per heavy atom. The summed E-state index contributed by atoms with van der Waals surface area (Å²) in [6, 6.07) is 17.3. The van der Waals surface area contributed by atoms with Crippen LogP contribution in [-0.2, 0) is 16.2 Å². The van der Waals surface area contributed by atoms with E-state index in [4.69, 9.17) is 9.47 Å². The number of nitrogens with one attached hydrogen (secondary N) is 2. The predicted molar refractivity (Wildman–Crippen MR) is 132 cm³/mol. The van der Waals surface area contributed by atoms with E-state index < -0.39 is 17.6 Å². The number of nitrogens with zero attached hydrogens (tertiary/aromatic N) is 1. The van der Waals surface area contributed by atoms with Gasteiger partial charge in [0.1, 0.15) is 12.4 Å². The second-order valence-electron chi connectivity index (χ2n) is 7.19.